The van der Waals surface area contributed by atoms with Gasteiger partial charge in [-0.2, -0.15) is 0 Å². The van der Waals surface area contributed by atoms with E-state index in [0.29, 0.717) is 11.1 Å². The second kappa shape index (κ2) is 6.82. The van der Waals surface area contributed by atoms with E-state index < -0.39 is 17.7 Å². The van der Waals surface area contributed by atoms with E-state index >= 15 is 0 Å². The lowest BCUT2D eigenvalue weighted by Crippen LogP contribution is -2.29. The fourth-order valence-electron chi connectivity index (χ4n) is 1.97. The van der Waals surface area contributed by atoms with Crippen LogP contribution in [-0.4, -0.2) is 18.5 Å². The number of nitrogen functional groups attached to an aromatic ring is 1. The number of hydrogen-bond donors (Lipinski definition) is 2. The van der Waals surface area contributed by atoms with Crippen LogP contribution in [0.3, 0.4) is 0 Å². The molecule has 0 bridgehead atoms. The molecule has 0 aromatic heterocycles. The van der Waals surface area contributed by atoms with Crippen LogP contribution in [-0.2, 0) is 4.74 Å². The Balaban J connectivity index is 2.37. The van der Waals surface area contributed by atoms with Gasteiger partial charge in [-0.05, 0) is 42.8 Å². The Morgan fingerprint density at radius 2 is 1.77 bits per heavy atom. The van der Waals surface area contributed by atoms with E-state index in [1.807, 2.05) is 5.43 Å². The Hall–Kier alpha value is -2.73. The summed E-state index contributed by atoms with van der Waals surface area (Å²) in [5.74, 6) is 3.63. The van der Waals surface area contributed by atoms with Gasteiger partial charge < -0.3 is 4.74 Å². The summed E-state index contributed by atoms with van der Waals surface area (Å²) in [6.45, 7) is 1.94. The van der Waals surface area contributed by atoms with Gasteiger partial charge in [0.25, 0.3) is 5.91 Å². The zero-order chi connectivity index (χ0) is 16.1. The lowest BCUT2D eigenvalue weighted by Gasteiger charge is -2.08. The third-order valence-electron chi connectivity index (χ3n) is 3.07. The van der Waals surface area contributed by atoms with E-state index in [1.165, 1.54) is 30.3 Å². The van der Waals surface area contributed by atoms with Crippen molar-refractivity contribution in [3.05, 3.63) is 59.4 Å². The molecule has 0 aliphatic carbocycles. The van der Waals surface area contributed by atoms with Gasteiger partial charge in [0.2, 0.25) is 0 Å². The molecular formula is C16H15FN2O3. The number of hydrazine groups is 1. The van der Waals surface area contributed by atoms with E-state index in [0.717, 1.165) is 0 Å². The Bertz CT molecular complexity index is 699. The van der Waals surface area contributed by atoms with Crippen LogP contribution >= 0.6 is 0 Å². The summed E-state index contributed by atoms with van der Waals surface area (Å²) in [6, 6.07) is 10.2. The summed E-state index contributed by atoms with van der Waals surface area (Å²) in [7, 11) is 0. The second-order valence-electron chi connectivity index (χ2n) is 4.47. The van der Waals surface area contributed by atoms with Gasteiger partial charge in [0.15, 0.2) is 0 Å². The Kier molecular flexibility index (Phi) is 4.85. The van der Waals surface area contributed by atoms with Crippen molar-refractivity contribution in [2.75, 3.05) is 6.61 Å². The lowest BCUT2D eigenvalue weighted by molar-refractivity contribution is 0.0526. The van der Waals surface area contributed by atoms with Crippen LogP contribution < -0.4 is 11.3 Å². The van der Waals surface area contributed by atoms with E-state index in [2.05, 4.69) is 0 Å². The first kappa shape index (κ1) is 15.7. The molecule has 0 spiro atoms. The number of esters is 1. The largest absolute Gasteiger partial charge is 0.462 e. The first-order chi connectivity index (χ1) is 10.6. The average Bonchev–Trinajstić information content (AvgIpc) is 2.55. The van der Waals surface area contributed by atoms with E-state index in [4.69, 9.17) is 10.6 Å². The molecule has 0 aliphatic rings. The minimum atomic E-state index is -0.511. The van der Waals surface area contributed by atoms with Crippen LogP contribution in [0.15, 0.2) is 42.5 Å². The molecule has 2 rings (SSSR count). The molecule has 0 saturated heterocycles. The minimum absolute atomic E-state index is 0.244. The molecule has 3 N–H and O–H groups in total. The number of nitrogens with one attached hydrogen (secondary N) is 1. The summed E-state index contributed by atoms with van der Waals surface area (Å²) < 4.78 is 18.9. The summed E-state index contributed by atoms with van der Waals surface area (Å²) in [5.41, 5.74) is 3.43. The van der Waals surface area contributed by atoms with E-state index in [9.17, 15) is 14.0 Å². The minimum Gasteiger partial charge on any atom is -0.462 e. The molecular weight excluding hydrogens is 287 g/mol. The van der Waals surface area contributed by atoms with Crippen molar-refractivity contribution in [3.63, 3.8) is 0 Å². The fraction of sp³-hybridized carbons (Fsp3) is 0.125. The molecule has 2 aromatic rings. The van der Waals surface area contributed by atoms with Gasteiger partial charge in [-0.25, -0.2) is 15.0 Å². The van der Waals surface area contributed by atoms with Gasteiger partial charge in [-0.3, -0.25) is 10.2 Å². The predicted molar refractivity (Wildman–Crippen MR) is 79.4 cm³/mol. The van der Waals surface area contributed by atoms with Gasteiger partial charge in [0.1, 0.15) is 5.82 Å². The zero-order valence-corrected chi connectivity index (χ0v) is 11.9. The van der Waals surface area contributed by atoms with E-state index in [1.54, 1.807) is 19.1 Å². The third-order valence-corrected chi connectivity index (χ3v) is 3.07. The highest BCUT2D eigenvalue weighted by Crippen LogP contribution is 2.25. The zero-order valence-electron chi connectivity index (χ0n) is 11.9. The van der Waals surface area contributed by atoms with Crippen LogP contribution in [0.4, 0.5) is 4.39 Å². The van der Waals surface area contributed by atoms with Crippen molar-refractivity contribution in [2.45, 2.75) is 6.92 Å². The van der Waals surface area contributed by atoms with Crippen molar-refractivity contribution in [2.24, 2.45) is 5.84 Å². The molecule has 0 aliphatic heterocycles. The Morgan fingerprint density at radius 3 is 2.36 bits per heavy atom. The van der Waals surface area contributed by atoms with Gasteiger partial charge in [-0.1, -0.05) is 12.1 Å². The van der Waals surface area contributed by atoms with Crippen molar-refractivity contribution >= 4 is 11.9 Å². The van der Waals surface area contributed by atoms with Crippen molar-refractivity contribution in [1.82, 2.24) is 5.43 Å². The number of halogens is 1. The number of amides is 1. The molecule has 0 saturated carbocycles. The fourth-order valence-corrected chi connectivity index (χ4v) is 1.97. The van der Waals surface area contributed by atoms with Crippen LogP contribution in [0.1, 0.15) is 27.6 Å². The quantitative estimate of drug-likeness (QED) is 0.393. The van der Waals surface area contributed by atoms with Gasteiger partial charge in [0.05, 0.1) is 12.2 Å². The Morgan fingerprint density at radius 1 is 1.14 bits per heavy atom. The first-order valence-electron chi connectivity index (χ1n) is 6.65. The molecule has 6 heteroatoms. The molecule has 0 atom stereocenters. The maximum atomic E-state index is 14.0. The number of ether oxygens (including phenoxy) is 1. The summed E-state index contributed by atoms with van der Waals surface area (Å²) in [6.07, 6.45) is 0. The number of carbonyl (C=O) groups excluding carboxylic acids is 2. The van der Waals surface area contributed by atoms with Crippen LogP contribution in [0.5, 0.6) is 0 Å². The predicted octanol–water partition coefficient (Wildman–Crippen LogP) is 2.27. The van der Waals surface area contributed by atoms with Gasteiger partial charge >= 0.3 is 5.97 Å². The highest BCUT2D eigenvalue weighted by atomic mass is 19.1. The molecule has 22 heavy (non-hydrogen) atoms. The van der Waals surface area contributed by atoms with Gasteiger partial charge in [-0.15, -0.1) is 0 Å². The van der Waals surface area contributed by atoms with Crippen molar-refractivity contribution < 1.29 is 18.7 Å². The number of rotatable bonds is 4. The second-order valence-corrected chi connectivity index (χ2v) is 4.47. The molecule has 114 valence electrons. The van der Waals surface area contributed by atoms with Crippen molar-refractivity contribution in [1.29, 1.82) is 0 Å². The maximum absolute atomic E-state index is 14.0. The molecule has 0 radical (unpaired) electrons. The summed E-state index contributed by atoms with van der Waals surface area (Å²) in [4.78, 5) is 23.1. The SMILES string of the molecule is CCOC(=O)c1ccc(F)c(-c2ccc(C(=O)NN)cc2)c1. The number of benzene rings is 2. The van der Waals surface area contributed by atoms with Crippen LogP contribution in [0, 0.1) is 5.82 Å². The van der Waals surface area contributed by atoms with Crippen LogP contribution in [0.25, 0.3) is 11.1 Å². The first-order valence-corrected chi connectivity index (χ1v) is 6.65. The normalized spacial score (nSPS) is 10.1. The number of hydrogen-bond acceptors (Lipinski definition) is 4. The summed E-state index contributed by atoms with van der Waals surface area (Å²) >= 11 is 0. The molecule has 5 nitrogen and oxygen atoms in total. The average molecular weight is 302 g/mol. The maximum Gasteiger partial charge on any atom is 0.338 e. The van der Waals surface area contributed by atoms with Crippen molar-refractivity contribution in [3.8, 4) is 11.1 Å². The molecule has 0 fully saturated rings. The van der Waals surface area contributed by atoms with Crippen LogP contribution in [0.2, 0.25) is 0 Å². The van der Waals surface area contributed by atoms with Gasteiger partial charge in [0, 0.05) is 11.1 Å². The smallest absolute Gasteiger partial charge is 0.338 e. The molecule has 2 aromatic carbocycles. The molecule has 0 heterocycles. The number of nitrogens with two attached hydrogens (primary N) is 1. The third kappa shape index (κ3) is 3.29. The standard InChI is InChI=1S/C16H15FN2O3/c1-2-22-16(21)12-7-8-14(17)13(9-12)10-3-5-11(6-4-10)15(20)19-18/h3-9H,2,18H2,1H3,(H,19,20). The topological polar surface area (TPSA) is 81.4 Å². The monoisotopic (exact) mass is 302 g/mol. The van der Waals surface area contributed by atoms with E-state index in [-0.39, 0.29) is 17.7 Å². The molecule has 1 amide bonds. The lowest BCUT2D eigenvalue weighted by atomic mass is 10.0. The molecule has 0 unspecified atom stereocenters. The Labute approximate surface area is 126 Å². The summed E-state index contributed by atoms with van der Waals surface area (Å²) in [5, 5.41) is 0. The highest BCUT2D eigenvalue weighted by Gasteiger charge is 2.12. The number of carbonyl (C=O) groups is 2. The highest BCUT2D eigenvalue weighted by molar-refractivity contribution is 5.94.